The summed E-state index contributed by atoms with van der Waals surface area (Å²) in [5.74, 6) is -23.5. The standard InChI is InChI=1S/C17H12F8N/c1-9-5-3-4-6-10(9)12-8-7-11-13(26(12)2)15(20,21)17(24,25)16(22,23)14(11,18)19/h3-8H,1-2H3/q+1. The van der Waals surface area contributed by atoms with Crippen molar-refractivity contribution in [3.05, 3.63) is 53.2 Å². The number of aromatic nitrogens is 1. The van der Waals surface area contributed by atoms with Crippen molar-refractivity contribution < 1.29 is 39.7 Å². The molecular formula is C17H12F8N+. The smallest absolute Gasteiger partial charge is 0.194 e. The Morgan fingerprint density at radius 2 is 1.27 bits per heavy atom. The number of aryl methyl sites for hydroxylation is 1. The van der Waals surface area contributed by atoms with Gasteiger partial charge in [0.25, 0.3) is 5.69 Å². The van der Waals surface area contributed by atoms with Crippen molar-refractivity contribution in [2.24, 2.45) is 7.05 Å². The number of benzene rings is 1. The fraction of sp³-hybridized carbons (Fsp3) is 0.353. The van der Waals surface area contributed by atoms with Crippen LogP contribution in [0.15, 0.2) is 36.4 Å². The Bertz CT molecular complexity index is 888. The summed E-state index contributed by atoms with van der Waals surface area (Å²) in [5, 5.41) is 0. The van der Waals surface area contributed by atoms with Gasteiger partial charge in [-0.25, -0.2) is 0 Å². The third-order valence-electron chi connectivity index (χ3n) is 4.60. The molecule has 2 aromatic rings. The van der Waals surface area contributed by atoms with Gasteiger partial charge in [0, 0.05) is 11.6 Å². The Morgan fingerprint density at radius 1 is 0.731 bits per heavy atom. The van der Waals surface area contributed by atoms with Gasteiger partial charge in [-0.05, 0) is 24.6 Å². The highest BCUT2D eigenvalue weighted by atomic mass is 19.4. The predicted molar refractivity (Wildman–Crippen MR) is 75.5 cm³/mol. The number of halogens is 8. The molecule has 1 heterocycles. The lowest BCUT2D eigenvalue weighted by atomic mass is 9.82. The number of alkyl halides is 8. The van der Waals surface area contributed by atoms with Crippen molar-refractivity contribution in [1.82, 2.24) is 0 Å². The van der Waals surface area contributed by atoms with Crippen molar-refractivity contribution in [3.63, 3.8) is 0 Å². The van der Waals surface area contributed by atoms with E-state index in [2.05, 4.69) is 0 Å². The monoisotopic (exact) mass is 382 g/mol. The Hall–Kier alpha value is -2.19. The Labute approximate surface area is 142 Å². The fourth-order valence-corrected chi connectivity index (χ4v) is 3.13. The largest absolute Gasteiger partial charge is 0.398 e. The van der Waals surface area contributed by atoms with Crippen LogP contribution in [0.25, 0.3) is 11.3 Å². The van der Waals surface area contributed by atoms with E-state index in [1.54, 1.807) is 19.1 Å². The molecule has 1 aliphatic rings. The summed E-state index contributed by atoms with van der Waals surface area (Å²) in [6, 6.07) is 7.54. The molecule has 1 nitrogen and oxygen atoms in total. The van der Waals surface area contributed by atoms with Crippen LogP contribution < -0.4 is 4.57 Å². The van der Waals surface area contributed by atoms with Gasteiger partial charge in [-0.15, -0.1) is 0 Å². The van der Waals surface area contributed by atoms with Gasteiger partial charge in [-0.3, -0.25) is 0 Å². The first kappa shape index (κ1) is 18.6. The van der Waals surface area contributed by atoms with E-state index in [0.717, 1.165) is 13.1 Å². The molecule has 0 saturated heterocycles. The SMILES string of the molecule is Cc1ccccc1-c1ccc2c([n+]1C)C(F)(F)C(F)(F)C(F)(F)C2(F)F. The van der Waals surface area contributed by atoms with Gasteiger partial charge >= 0.3 is 23.7 Å². The van der Waals surface area contributed by atoms with E-state index < -0.39 is 34.9 Å². The minimum atomic E-state index is -6.27. The zero-order valence-electron chi connectivity index (χ0n) is 13.4. The molecule has 0 radical (unpaired) electrons. The maximum atomic E-state index is 14.3. The lowest BCUT2D eigenvalue weighted by Gasteiger charge is -2.40. The maximum absolute atomic E-state index is 14.3. The highest BCUT2D eigenvalue weighted by Crippen LogP contribution is 2.63. The lowest BCUT2D eigenvalue weighted by Crippen LogP contribution is -2.67. The second kappa shape index (κ2) is 5.17. The summed E-state index contributed by atoms with van der Waals surface area (Å²) in [7, 11) is 0.865. The van der Waals surface area contributed by atoms with E-state index in [1.165, 1.54) is 12.1 Å². The van der Waals surface area contributed by atoms with Gasteiger partial charge in [0.15, 0.2) is 0 Å². The molecule has 0 spiro atoms. The second-order valence-corrected chi connectivity index (χ2v) is 6.15. The molecule has 0 unspecified atom stereocenters. The van der Waals surface area contributed by atoms with Crippen LogP contribution in [0.4, 0.5) is 35.1 Å². The quantitative estimate of drug-likeness (QED) is 0.485. The van der Waals surface area contributed by atoms with Crippen LogP contribution in [-0.2, 0) is 18.9 Å². The Kier molecular flexibility index (Phi) is 3.70. The molecule has 3 rings (SSSR count). The number of hydrogen-bond acceptors (Lipinski definition) is 0. The summed E-state index contributed by atoms with van der Waals surface area (Å²) in [5.41, 5.74) is -2.86. The number of pyridine rings is 1. The third-order valence-corrected chi connectivity index (χ3v) is 4.60. The van der Waals surface area contributed by atoms with Crippen molar-refractivity contribution in [1.29, 1.82) is 0 Å². The topological polar surface area (TPSA) is 3.88 Å². The Balaban J connectivity index is 2.41. The minimum Gasteiger partial charge on any atom is -0.194 e. The van der Waals surface area contributed by atoms with Crippen molar-refractivity contribution in [3.8, 4) is 11.3 Å². The van der Waals surface area contributed by atoms with Gasteiger partial charge < -0.3 is 0 Å². The van der Waals surface area contributed by atoms with Crippen molar-refractivity contribution >= 4 is 0 Å². The molecule has 1 aromatic heterocycles. The molecule has 1 aliphatic carbocycles. The van der Waals surface area contributed by atoms with Gasteiger partial charge in [0.05, 0.1) is 0 Å². The molecular weight excluding hydrogens is 370 g/mol. The number of nitrogens with zero attached hydrogens (tertiary/aromatic N) is 1. The van der Waals surface area contributed by atoms with E-state index in [-0.39, 0.29) is 5.69 Å². The van der Waals surface area contributed by atoms with E-state index in [0.29, 0.717) is 21.8 Å². The van der Waals surface area contributed by atoms with Crippen LogP contribution in [-0.4, -0.2) is 11.8 Å². The van der Waals surface area contributed by atoms with Crippen LogP contribution in [0.3, 0.4) is 0 Å². The summed E-state index contributed by atoms with van der Waals surface area (Å²) in [4.78, 5) is 0. The molecule has 0 N–H and O–H groups in total. The molecule has 9 heteroatoms. The lowest BCUT2D eigenvalue weighted by molar-refractivity contribution is -0.684. The van der Waals surface area contributed by atoms with Gasteiger partial charge in [0.2, 0.25) is 5.69 Å². The summed E-state index contributed by atoms with van der Waals surface area (Å²) >= 11 is 0. The van der Waals surface area contributed by atoms with Crippen LogP contribution >= 0.6 is 0 Å². The van der Waals surface area contributed by atoms with Gasteiger partial charge in [-0.1, -0.05) is 18.2 Å². The first-order valence-corrected chi connectivity index (χ1v) is 7.39. The fourth-order valence-electron chi connectivity index (χ4n) is 3.13. The minimum absolute atomic E-state index is 0.0849. The zero-order valence-corrected chi connectivity index (χ0v) is 13.4. The average molecular weight is 382 g/mol. The molecule has 1 aromatic carbocycles. The molecule has 0 amide bonds. The van der Waals surface area contributed by atoms with E-state index in [9.17, 15) is 35.1 Å². The van der Waals surface area contributed by atoms with E-state index in [1.807, 2.05) is 0 Å². The van der Waals surface area contributed by atoms with Crippen LogP contribution in [0.5, 0.6) is 0 Å². The molecule has 0 atom stereocenters. The highest BCUT2D eigenvalue weighted by Gasteiger charge is 2.88. The van der Waals surface area contributed by atoms with Crippen molar-refractivity contribution in [2.75, 3.05) is 0 Å². The molecule has 0 bridgehead atoms. The van der Waals surface area contributed by atoms with E-state index in [4.69, 9.17) is 0 Å². The number of rotatable bonds is 1. The van der Waals surface area contributed by atoms with Gasteiger partial charge in [0.1, 0.15) is 12.6 Å². The molecule has 0 aliphatic heterocycles. The average Bonchev–Trinajstić information content (AvgIpc) is 2.53. The predicted octanol–water partition coefficient (Wildman–Crippen LogP) is 4.95. The maximum Gasteiger partial charge on any atom is 0.398 e. The number of fused-ring (bicyclic) bond motifs is 1. The first-order valence-electron chi connectivity index (χ1n) is 7.39. The Morgan fingerprint density at radius 3 is 1.85 bits per heavy atom. The second-order valence-electron chi connectivity index (χ2n) is 6.15. The van der Waals surface area contributed by atoms with Crippen LogP contribution in [0.2, 0.25) is 0 Å². The highest BCUT2D eigenvalue weighted by molar-refractivity contribution is 5.61. The molecule has 0 saturated carbocycles. The van der Waals surface area contributed by atoms with E-state index >= 15 is 0 Å². The molecule has 140 valence electrons. The van der Waals surface area contributed by atoms with Crippen LogP contribution in [0, 0.1) is 6.92 Å². The first-order chi connectivity index (χ1) is 11.8. The van der Waals surface area contributed by atoms with Gasteiger partial charge in [-0.2, -0.15) is 39.7 Å². The number of hydrogen-bond donors (Lipinski definition) is 0. The summed E-state index contributed by atoms with van der Waals surface area (Å²) < 4.78 is 112. The normalized spacial score (nSPS) is 21.9. The van der Waals surface area contributed by atoms with Crippen molar-refractivity contribution in [2.45, 2.75) is 30.6 Å². The zero-order chi connectivity index (χ0) is 19.7. The summed E-state index contributed by atoms with van der Waals surface area (Å²) in [6.45, 7) is 1.60. The molecule has 26 heavy (non-hydrogen) atoms. The van der Waals surface area contributed by atoms with Crippen LogP contribution in [0.1, 0.15) is 16.8 Å². The summed E-state index contributed by atoms with van der Waals surface area (Å²) in [6.07, 6.45) is 0. The third kappa shape index (κ3) is 1.99. The molecule has 0 fully saturated rings.